The zero-order chi connectivity index (χ0) is 12.3. The molecule has 1 saturated heterocycles. The number of nitrogens with zero attached hydrogens (tertiary/aromatic N) is 1. The molecule has 1 unspecified atom stereocenters. The second kappa shape index (κ2) is 5.19. The molecule has 1 heterocycles. The fourth-order valence-corrected chi connectivity index (χ4v) is 2.10. The lowest BCUT2D eigenvalue weighted by molar-refractivity contribution is -0.120. The zero-order valence-corrected chi connectivity index (χ0v) is 10.1. The summed E-state index contributed by atoms with van der Waals surface area (Å²) in [5.74, 6) is 0.737. The molecule has 1 fully saturated rings. The maximum absolute atomic E-state index is 12.0. The van der Waals surface area contributed by atoms with Crippen molar-refractivity contribution in [1.82, 2.24) is 0 Å². The SMILES string of the molecule is CCOc1ccccc1N1CCCC(N)C1=O. The van der Waals surface area contributed by atoms with Gasteiger partial charge in [0.25, 0.3) is 0 Å². The van der Waals surface area contributed by atoms with Gasteiger partial charge in [-0.15, -0.1) is 0 Å². The number of benzene rings is 1. The molecular weight excluding hydrogens is 216 g/mol. The van der Waals surface area contributed by atoms with Gasteiger partial charge in [0.05, 0.1) is 18.3 Å². The highest BCUT2D eigenvalue weighted by molar-refractivity contribution is 5.98. The Morgan fingerprint density at radius 3 is 3.00 bits per heavy atom. The first-order chi connectivity index (χ1) is 8.24. The molecule has 1 aliphatic rings. The predicted molar refractivity (Wildman–Crippen MR) is 67.2 cm³/mol. The molecule has 2 N–H and O–H groups in total. The van der Waals surface area contributed by atoms with Gasteiger partial charge in [0.1, 0.15) is 5.75 Å². The first-order valence-corrected chi connectivity index (χ1v) is 6.03. The largest absolute Gasteiger partial charge is 0.492 e. The minimum Gasteiger partial charge on any atom is -0.492 e. The van der Waals surface area contributed by atoms with Crippen molar-refractivity contribution < 1.29 is 9.53 Å². The summed E-state index contributed by atoms with van der Waals surface area (Å²) in [7, 11) is 0. The summed E-state index contributed by atoms with van der Waals surface area (Å²) in [5.41, 5.74) is 6.63. The van der Waals surface area contributed by atoms with Crippen LogP contribution in [0.15, 0.2) is 24.3 Å². The molecule has 1 aromatic carbocycles. The van der Waals surface area contributed by atoms with Crippen molar-refractivity contribution in [3.63, 3.8) is 0 Å². The Kier molecular flexibility index (Phi) is 3.64. The molecule has 1 aromatic rings. The smallest absolute Gasteiger partial charge is 0.244 e. The Bertz CT molecular complexity index is 406. The third-order valence-electron chi connectivity index (χ3n) is 2.94. The van der Waals surface area contributed by atoms with Crippen molar-refractivity contribution in [1.29, 1.82) is 0 Å². The highest BCUT2D eigenvalue weighted by Gasteiger charge is 2.28. The Morgan fingerprint density at radius 1 is 1.47 bits per heavy atom. The molecule has 1 atom stereocenters. The predicted octanol–water partition coefficient (Wildman–Crippen LogP) is 1.54. The Hall–Kier alpha value is -1.55. The zero-order valence-electron chi connectivity index (χ0n) is 10.1. The first kappa shape index (κ1) is 11.9. The summed E-state index contributed by atoms with van der Waals surface area (Å²) in [6.07, 6.45) is 1.71. The van der Waals surface area contributed by atoms with Gasteiger partial charge in [-0.2, -0.15) is 0 Å². The van der Waals surface area contributed by atoms with Crippen LogP contribution in [-0.4, -0.2) is 25.1 Å². The molecule has 4 nitrogen and oxygen atoms in total. The van der Waals surface area contributed by atoms with Gasteiger partial charge in [0, 0.05) is 6.54 Å². The summed E-state index contributed by atoms with van der Waals surface area (Å²) < 4.78 is 5.54. The fraction of sp³-hybridized carbons (Fsp3) is 0.462. The van der Waals surface area contributed by atoms with Gasteiger partial charge in [0.15, 0.2) is 0 Å². The number of para-hydroxylation sites is 2. The van der Waals surface area contributed by atoms with E-state index in [4.69, 9.17) is 10.5 Å². The highest BCUT2D eigenvalue weighted by Crippen LogP contribution is 2.30. The Labute approximate surface area is 101 Å². The van der Waals surface area contributed by atoms with Gasteiger partial charge in [-0.1, -0.05) is 12.1 Å². The standard InChI is InChI=1S/C13H18N2O2/c1-2-17-12-8-4-3-7-11(12)15-9-5-6-10(14)13(15)16/h3-4,7-8,10H,2,5-6,9,14H2,1H3. The average Bonchev–Trinajstić information content (AvgIpc) is 2.34. The highest BCUT2D eigenvalue weighted by atomic mass is 16.5. The molecule has 0 aromatic heterocycles. The van der Waals surface area contributed by atoms with E-state index in [0.717, 1.165) is 30.8 Å². The number of carbonyl (C=O) groups excluding carboxylic acids is 1. The summed E-state index contributed by atoms with van der Waals surface area (Å²) in [6.45, 7) is 3.24. The van der Waals surface area contributed by atoms with E-state index in [1.165, 1.54) is 0 Å². The van der Waals surface area contributed by atoms with E-state index in [2.05, 4.69) is 0 Å². The number of ether oxygens (including phenoxy) is 1. The molecule has 4 heteroatoms. The second-order valence-electron chi connectivity index (χ2n) is 4.14. The van der Waals surface area contributed by atoms with Crippen molar-refractivity contribution >= 4 is 11.6 Å². The number of amides is 1. The van der Waals surface area contributed by atoms with Gasteiger partial charge in [-0.25, -0.2) is 0 Å². The van der Waals surface area contributed by atoms with Crippen LogP contribution in [0.3, 0.4) is 0 Å². The van der Waals surface area contributed by atoms with Crippen LogP contribution < -0.4 is 15.4 Å². The van der Waals surface area contributed by atoms with Crippen molar-refractivity contribution in [3.8, 4) is 5.75 Å². The Balaban J connectivity index is 2.29. The number of hydrogen-bond donors (Lipinski definition) is 1. The molecule has 1 amide bonds. The number of rotatable bonds is 3. The second-order valence-corrected chi connectivity index (χ2v) is 4.14. The van der Waals surface area contributed by atoms with Gasteiger partial charge in [-0.05, 0) is 31.9 Å². The Morgan fingerprint density at radius 2 is 2.24 bits per heavy atom. The van der Waals surface area contributed by atoms with Crippen LogP contribution in [-0.2, 0) is 4.79 Å². The van der Waals surface area contributed by atoms with E-state index < -0.39 is 0 Å². The summed E-state index contributed by atoms with van der Waals surface area (Å²) >= 11 is 0. The van der Waals surface area contributed by atoms with Crippen molar-refractivity contribution in [2.24, 2.45) is 5.73 Å². The van der Waals surface area contributed by atoms with Crippen molar-refractivity contribution in [2.75, 3.05) is 18.1 Å². The molecule has 1 aliphatic heterocycles. The van der Waals surface area contributed by atoms with Crippen LogP contribution in [0, 0.1) is 0 Å². The maximum atomic E-state index is 12.0. The monoisotopic (exact) mass is 234 g/mol. The van der Waals surface area contributed by atoms with E-state index >= 15 is 0 Å². The third-order valence-corrected chi connectivity index (χ3v) is 2.94. The lowest BCUT2D eigenvalue weighted by atomic mass is 10.0. The normalized spacial score (nSPS) is 20.5. The number of piperidine rings is 1. The third kappa shape index (κ3) is 2.42. The lowest BCUT2D eigenvalue weighted by Gasteiger charge is -2.31. The molecule has 92 valence electrons. The van der Waals surface area contributed by atoms with Gasteiger partial charge < -0.3 is 15.4 Å². The molecular formula is C13H18N2O2. The summed E-state index contributed by atoms with van der Waals surface area (Å²) in [6, 6.07) is 7.22. The minimum absolute atomic E-state index is 0.0107. The van der Waals surface area contributed by atoms with E-state index in [1.807, 2.05) is 31.2 Å². The minimum atomic E-state index is -0.376. The van der Waals surface area contributed by atoms with Crippen LogP contribution in [0.1, 0.15) is 19.8 Å². The van der Waals surface area contributed by atoms with Crippen LogP contribution in [0.25, 0.3) is 0 Å². The number of hydrogen-bond acceptors (Lipinski definition) is 3. The van der Waals surface area contributed by atoms with Crippen LogP contribution in [0.5, 0.6) is 5.75 Å². The van der Waals surface area contributed by atoms with Crippen LogP contribution in [0.2, 0.25) is 0 Å². The molecule has 0 spiro atoms. The first-order valence-electron chi connectivity index (χ1n) is 6.03. The molecule has 0 bridgehead atoms. The topological polar surface area (TPSA) is 55.6 Å². The van der Waals surface area contributed by atoms with Crippen LogP contribution in [0.4, 0.5) is 5.69 Å². The summed E-state index contributed by atoms with van der Waals surface area (Å²) in [4.78, 5) is 13.8. The molecule has 2 rings (SSSR count). The number of anilines is 1. The number of carbonyl (C=O) groups is 1. The molecule has 17 heavy (non-hydrogen) atoms. The number of nitrogens with two attached hydrogens (primary N) is 1. The maximum Gasteiger partial charge on any atom is 0.244 e. The van der Waals surface area contributed by atoms with Gasteiger partial charge >= 0.3 is 0 Å². The van der Waals surface area contributed by atoms with Crippen molar-refractivity contribution in [2.45, 2.75) is 25.8 Å². The van der Waals surface area contributed by atoms with E-state index in [-0.39, 0.29) is 11.9 Å². The van der Waals surface area contributed by atoms with Gasteiger partial charge in [0.2, 0.25) is 5.91 Å². The average molecular weight is 234 g/mol. The van der Waals surface area contributed by atoms with Crippen molar-refractivity contribution in [3.05, 3.63) is 24.3 Å². The molecule has 0 aliphatic carbocycles. The van der Waals surface area contributed by atoms with E-state index in [0.29, 0.717) is 6.61 Å². The lowest BCUT2D eigenvalue weighted by Crippen LogP contribution is -2.48. The molecule has 0 radical (unpaired) electrons. The van der Waals surface area contributed by atoms with E-state index in [1.54, 1.807) is 4.90 Å². The summed E-state index contributed by atoms with van der Waals surface area (Å²) in [5, 5.41) is 0. The van der Waals surface area contributed by atoms with E-state index in [9.17, 15) is 4.79 Å². The van der Waals surface area contributed by atoms with Gasteiger partial charge in [-0.3, -0.25) is 4.79 Å². The quantitative estimate of drug-likeness (QED) is 0.863. The fourth-order valence-electron chi connectivity index (χ4n) is 2.10. The molecule has 0 saturated carbocycles. The van der Waals surface area contributed by atoms with Crippen LogP contribution >= 0.6 is 0 Å².